The number of aromatic nitrogens is 3. The van der Waals surface area contributed by atoms with E-state index < -0.39 is 7.05 Å². The van der Waals surface area contributed by atoms with Gasteiger partial charge in [-0.3, -0.25) is 9.89 Å². The number of hydrogen-bond acceptors (Lipinski definition) is 5. The first-order valence-corrected chi connectivity index (χ1v) is 6.34. The molecule has 0 saturated carbocycles. The molecule has 1 aliphatic heterocycles. The van der Waals surface area contributed by atoms with Crippen LogP contribution >= 0.6 is 11.8 Å². The molecule has 0 aliphatic carbocycles. The molecule has 0 fully saturated rings. The number of rotatable bonds is 1. The van der Waals surface area contributed by atoms with Crippen LogP contribution in [0.3, 0.4) is 0 Å². The van der Waals surface area contributed by atoms with Crippen LogP contribution in [-0.2, 0) is 0 Å². The van der Waals surface area contributed by atoms with Crippen LogP contribution in [0.4, 0.5) is 5.82 Å². The van der Waals surface area contributed by atoms with E-state index in [1.165, 1.54) is 16.3 Å². The van der Waals surface area contributed by atoms with Crippen molar-refractivity contribution in [3.8, 4) is 0 Å². The summed E-state index contributed by atoms with van der Waals surface area (Å²) in [5.74, 6) is 1.36. The Bertz CT molecular complexity index is 623. The lowest BCUT2D eigenvalue weighted by Gasteiger charge is -2.29. The fraction of sp³-hybridized carbons (Fsp3) is 0.333. The van der Waals surface area contributed by atoms with Crippen molar-refractivity contribution >= 4 is 30.3 Å². The molecule has 0 aromatic carbocycles. The van der Waals surface area contributed by atoms with Crippen molar-refractivity contribution in [2.75, 3.05) is 17.1 Å². The van der Waals surface area contributed by atoms with Gasteiger partial charge in [0.25, 0.3) is 5.56 Å². The van der Waals surface area contributed by atoms with Gasteiger partial charge in [-0.25, -0.2) is 9.50 Å². The molecular formula is C9H11BN4O2S. The fourth-order valence-electron chi connectivity index (χ4n) is 1.97. The van der Waals surface area contributed by atoms with Crippen LogP contribution in [0.15, 0.2) is 22.0 Å². The molecule has 2 aromatic heterocycles. The molecule has 0 unspecified atom stereocenters. The first-order chi connectivity index (χ1) is 8.18. The predicted octanol–water partition coefficient (Wildman–Crippen LogP) is 0.0450. The highest BCUT2D eigenvalue weighted by molar-refractivity contribution is 7.99. The molecule has 3 heterocycles. The molecule has 0 saturated heterocycles. The minimum atomic E-state index is -0.636. The van der Waals surface area contributed by atoms with Crippen molar-refractivity contribution in [2.24, 2.45) is 0 Å². The third-order valence-electron chi connectivity index (χ3n) is 2.79. The highest BCUT2D eigenvalue weighted by Gasteiger charge is 2.28. The van der Waals surface area contributed by atoms with Crippen LogP contribution in [0.25, 0.3) is 5.65 Å². The van der Waals surface area contributed by atoms with Gasteiger partial charge in [-0.15, -0.1) is 11.8 Å². The van der Waals surface area contributed by atoms with Gasteiger partial charge in [0.15, 0.2) is 5.65 Å². The smallest absolute Gasteiger partial charge is 0.410 e. The van der Waals surface area contributed by atoms with E-state index >= 15 is 0 Å². The molecule has 0 spiro atoms. The van der Waals surface area contributed by atoms with Gasteiger partial charge in [-0.05, 0) is 6.82 Å². The topological polar surface area (TPSA) is 73.6 Å². The van der Waals surface area contributed by atoms with Gasteiger partial charge in [0.1, 0.15) is 10.7 Å². The van der Waals surface area contributed by atoms with E-state index in [2.05, 4.69) is 10.1 Å². The van der Waals surface area contributed by atoms with E-state index in [-0.39, 0.29) is 5.56 Å². The summed E-state index contributed by atoms with van der Waals surface area (Å²) in [6.45, 7) is 2.38. The molecule has 1 aliphatic rings. The third kappa shape index (κ3) is 1.55. The highest BCUT2D eigenvalue weighted by Crippen LogP contribution is 2.30. The monoisotopic (exact) mass is 250 g/mol. The first-order valence-electron chi connectivity index (χ1n) is 5.36. The van der Waals surface area contributed by atoms with Gasteiger partial charge in [-0.1, -0.05) is 0 Å². The molecule has 3 rings (SSSR count). The normalized spacial score (nSPS) is 15.1. The molecule has 2 N–H and O–H groups in total. The lowest BCUT2D eigenvalue weighted by atomic mass is 9.85. The van der Waals surface area contributed by atoms with Crippen LogP contribution < -0.4 is 10.4 Å². The molecule has 8 heteroatoms. The molecule has 2 aromatic rings. The summed E-state index contributed by atoms with van der Waals surface area (Å²) in [5, 5.41) is 12.5. The van der Waals surface area contributed by atoms with Crippen molar-refractivity contribution in [1.29, 1.82) is 0 Å². The van der Waals surface area contributed by atoms with Crippen molar-refractivity contribution < 1.29 is 5.02 Å². The predicted molar refractivity (Wildman–Crippen MR) is 67.7 cm³/mol. The quantitative estimate of drug-likeness (QED) is 0.699. The zero-order valence-electron chi connectivity index (χ0n) is 9.25. The summed E-state index contributed by atoms with van der Waals surface area (Å²) in [5.41, 5.74) is 0.465. The minimum absolute atomic E-state index is 0.106. The fourth-order valence-corrected chi connectivity index (χ4v) is 2.97. The number of H-pyrrole nitrogens is 1. The Labute approximate surface area is 102 Å². The Morgan fingerprint density at radius 2 is 2.47 bits per heavy atom. The highest BCUT2D eigenvalue weighted by atomic mass is 32.2. The van der Waals surface area contributed by atoms with Crippen LogP contribution in [0.1, 0.15) is 0 Å². The summed E-state index contributed by atoms with van der Waals surface area (Å²) in [6.07, 6.45) is 1.67. The first kappa shape index (κ1) is 10.7. The second-order valence-corrected chi connectivity index (χ2v) is 5.00. The molecule has 0 bridgehead atoms. The largest absolute Gasteiger partial charge is 0.432 e. The Hall–Kier alpha value is -1.41. The van der Waals surface area contributed by atoms with Gasteiger partial charge >= 0.3 is 7.05 Å². The number of nitrogens with zero attached hydrogens (tertiary/aromatic N) is 3. The summed E-state index contributed by atoms with van der Waals surface area (Å²) in [4.78, 5) is 18.9. The van der Waals surface area contributed by atoms with Crippen LogP contribution in [0.2, 0.25) is 6.82 Å². The maximum atomic E-state index is 12.2. The van der Waals surface area contributed by atoms with Crippen molar-refractivity contribution in [2.45, 2.75) is 11.7 Å². The van der Waals surface area contributed by atoms with Gasteiger partial charge in [0, 0.05) is 24.6 Å². The van der Waals surface area contributed by atoms with Gasteiger partial charge < -0.3 is 9.83 Å². The molecule has 0 amide bonds. The van der Waals surface area contributed by atoms with Gasteiger partial charge in [-0.2, -0.15) is 0 Å². The van der Waals surface area contributed by atoms with E-state index in [1.807, 2.05) is 0 Å². The summed E-state index contributed by atoms with van der Waals surface area (Å²) >= 11 is 1.49. The Morgan fingerprint density at radius 1 is 1.65 bits per heavy atom. The van der Waals surface area contributed by atoms with Gasteiger partial charge in [0.05, 0.1) is 0 Å². The maximum absolute atomic E-state index is 12.2. The Morgan fingerprint density at radius 3 is 3.24 bits per heavy atom. The number of fused-ring (bicyclic) bond motifs is 2. The average Bonchev–Trinajstić information content (AvgIpc) is 2.77. The lowest BCUT2D eigenvalue weighted by molar-refractivity contribution is 0.569. The van der Waals surface area contributed by atoms with Crippen LogP contribution in [0, 0.1) is 0 Å². The average molecular weight is 250 g/mol. The number of thioether (sulfide) groups is 1. The van der Waals surface area contributed by atoms with E-state index in [9.17, 15) is 9.82 Å². The Balaban J connectivity index is 2.29. The Kier molecular flexibility index (Phi) is 2.41. The molecule has 0 radical (unpaired) electrons. The van der Waals surface area contributed by atoms with Crippen LogP contribution in [0.5, 0.6) is 0 Å². The standard InChI is InChI=1S/C9H11BN4O2S/c1-10(16)13-4-5-17-7-8(13)12-6-2-3-11-14(6)9(7)15/h2-3,11,16H,4-5H2,1H3. The van der Waals surface area contributed by atoms with Crippen molar-refractivity contribution in [1.82, 2.24) is 14.6 Å². The third-order valence-corrected chi connectivity index (χ3v) is 3.82. The zero-order valence-corrected chi connectivity index (χ0v) is 10.1. The van der Waals surface area contributed by atoms with E-state index in [1.54, 1.807) is 23.9 Å². The SMILES string of the molecule is CB(O)N1CCSc2c1nc1cc[nH]n1c2=O. The van der Waals surface area contributed by atoms with Crippen LogP contribution in [-0.4, -0.2) is 39.0 Å². The van der Waals surface area contributed by atoms with E-state index in [0.29, 0.717) is 22.9 Å². The molecule has 6 nitrogen and oxygen atoms in total. The maximum Gasteiger partial charge on any atom is 0.410 e. The van der Waals surface area contributed by atoms with E-state index in [0.717, 1.165) is 5.75 Å². The van der Waals surface area contributed by atoms with Gasteiger partial charge in [0.2, 0.25) is 0 Å². The zero-order chi connectivity index (χ0) is 12.0. The number of hydrogen-bond donors (Lipinski definition) is 2. The van der Waals surface area contributed by atoms with Crippen molar-refractivity contribution in [3.63, 3.8) is 0 Å². The molecule has 88 valence electrons. The summed E-state index contributed by atoms with van der Waals surface area (Å²) < 4.78 is 1.41. The minimum Gasteiger partial charge on any atom is -0.432 e. The second kappa shape index (κ2) is 3.81. The molecule has 17 heavy (non-hydrogen) atoms. The number of anilines is 1. The molecular weight excluding hydrogens is 239 g/mol. The second-order valence-electron chi connectivity index (χ2n) is 3.90. The number of nitrogens with one attached hydrogen (secondary N) is 1. The number of aromatic amines is 1. The lowest BCUT2D eigenvalue weighted by Crippen LogP contribution is -2.43. The summed E-state index contributed by atoms with van der Waals surface area (Å²) in [7, 11) is -0.636. The summed E-state index contributed by atoms with van der Waals surface area (Å²) in [6, 6.07) is 1.74. The molecule has 0 atom stereocenters. The van der Waals surface area contributed by atoms with E-state index in [4.69, 9.17) is 0 Å². The van der Waals surface area contributed by atoms with Crippen molar-refractivity contribution in [3.05, 3.63) is 22.6 Å².